The van der Waals surface area contributed by atoms with Crippen molar-refractivity contribution in [2.45, 2.75) is 32.4 Å². The molecule has 118 valence electrons. The van der Waals surface area contributed by atoms with Gasteiger partial charge in [0.05, 0.1) is 12.5 Å². The van der Waals surface area contributed by atoms with Gasteiger partial charge in [0.2, 0.25) is 11.8 Å². The Balaban J connectivity index is 1.60. The fourth-order valence-corrected chi connectivity index (χ4v) is 3.03. The molecule has 0 saturated carbocycles. The summed E-state index contributed by atoms with van der Waals surface area (Å²) in [5.41, 5.74) is 2.19. The van der Waals surface area contributed by atoms with Crippen LogP contribution in [-0.4, -0.2) is 36.5 Å². The summed E-state index contributed by atoms with van der Waals surface area (Å²) in [7, 11) is 0. The van der Waals surface area contributed by atoms with E-state index in [0.29, 0.717) is 32.7 Å². The molecule has 1 aromatic rings. The van der Waals surface area contributed by atoms with E-state index in [2.05, 4.69) is 5.32 Å². The monoisotopic (exact) mass is 302 g/mol. The van der Waals surface area contributed by atoms with Crippen LogP contribution in [0.4, 0.5) is 0 Å². The Bertz CT molecular complexity index is 553. The average molecular weight is 302 g/mol. The first kappa shape index (κ1) is 15.0. The normalized spacial score (nSPS) is 21.4. The summed E-state index contributed by atoms with van der Waals surface area (Å²) in [6.07, 6.45) is 2.40. The van der Waals surface area contributed by atoms with Crippen LogP contribution in [0.5, 0.6) is 0 Å². The van der Waals surface area contributed by atoms with Crippen molar-refractivity contribution >= 4 is 11.8 Å². The van der Waals surface area contributed by atoms with E-state index in [1.165, 1.54) is 0 Å². The van der Waals surface area contributed by atoms with Crippen LogP contribution in [0.3, 0.4) is 0 Å². The van der Waals surface area contributed by atoms with Gasteiger partial charge in [-0.25, -0.2) is 0 Å². The van der Waals surface area contributed by atoms with Crippen LogP contribution in [0, 0.1) is 5.92 Å². The van der Waals surface area contributed by atoms with E-state index < -0.39 is 0 Å². The molecule has 0 aliphatic carbocycles. The minimum absolute atomic E-state index is 0.0210. The fourth-order valence-electron chi connectivity index (χ4n) is 3.03. The van der Waals surface area contributed by atoms with Crippen LogP contribution in [0.25, 0.3) is 0 Å². The van der Waals surface area contributed by atoms with E-state index in [0.717, 1.165) is 30.5 Å². The van der Waals surface area contributed by atoms with Gasteiger partial charge in [0.15, 0.2) is 0 Å². The number of benzene rings is 1. The third-order valence-electron chi connectivity index (χ3n) is 4.40. The van der Waals surface area contributed by atoms with E-state index in [9.17, 15) is 9.59 Å². The van der Waals surface area contributed by atoms with E-state index >= 15 is 0 Å². The number of carbonyl (C=O) groups is 2. The van der Waals surface area contributed by atoms with E-state index in [-0.39, 0.29) is 17.7 Å². The molecule has 1 N–H and O–H groups in total. The maximum absolute atomic E-state index is 12.1. The van der Waals surface area contributed by atoms with E-state index in [4.69, 9.17) is 4.74 Å². The predicted molar refractivity (Wildman–Crippen MR) is 81.9 cm³/mol. The van der Waals surface area contributed by atoms with Gasteiger partial charge in [-0.1, -0.05) is 24.3 Å². The zero-order valence-electron chi connectivity index (χ0n) is 12.7. The van der Waals surface area contributed by atoms with Gasteiger partial charge in [-0.05, 0) is 24.0 Å². The van der Waals surface area contributed by atoms with Crippen LogP contribution < -0.4 is 5.32 Å². The lowest BCUT2D eigenvalue weighted by Gasteiger charge is -2.18. The highest BCUT2D eigenvalue weighted by atomic mass is 16.5. The second kappa shape index (κ2) is 6.92. The highest BCUT2D eigenvalue weighted by Gasteiger charge is 2.24. The van der Waals surface area contributed by atoms with Gasteiger partial charge in [-0.3, -0.25) is 9.59 Å². The Hall–Kier alpha value is -1.88. The van der Waals surface area contributed by atoms with E-state index in [1.54, 1.807) is 0 Å². The summed E-state index contributed by atoms with van der Waals surface area (Å²) in [5.74, 6) is 0.263. The molecule has 2 amide bonds. The summed E-state index contributed by atoms with van der Waals surface area (Å²) in [6.45, 7) is 3.17. The number of rotatable bonds is 5. The SMILES string of the molecule is O=C(NCc1ccccc1CN1CCCC1=O)[C@H]1CCOC1. The van der Waals surface area contributed by atoms with E-state index in [1.807, 2.05) is 29.2 Å². The molecule has 2 aliphatic rings. The standard InChI is InChI=1S/C17H22N2O3/c20-16-6-3-8-19(16)11-14-5-2-1-4-13(14)10-18-17(21)15-7-9-22-12-15/h1-2,4-5,15H,3,6-12H2,(H,18,21)/t15-/m0/s1. The molecule has 0 bridgehead atoms. The molecule has 1 aromatic carbocycles. The number of carbonyl (C=O) groups excluding carboxylic acids is 2. The summed E-state index contributed by atoms with van der Waals surface area (Å²) >= 11 is 0. The molecule has 2 aliphatic heterocycles. The molecule has 0 unspecified atom stereocenters. The van der Waals surface area contributed by atoms with Crippen molar-refractivity contribution in [1.82, 2.24) is 10.2 Å². The molecule has 3 rings (SSSR count). The second-order valence-corrected chi connectivity index (χ2v) is 5.97. The van der Waals surface area contributed by atoms with Gasteiger partial charge in [-0.2, -0.15) is 0 Å². The van der Waals surface area contributed by atoms with Crippen molar-refractivity contribution in [2.24, 2.45) is 5.92 Å². The van der Waals surface area contributed by atoms with Crippen LogP contribution in [-0.2, 0) is 27.4 Å². The fraction of sp³-hybridized carbons (Fsp3) is 0.529. The molecule has 0 radical (unpaired) electrons. The highest BCUT2D eigenvalue weighted by molar-refractivity contribution is 5.79. The largest absolute Gasteiger partial charge is 0.381 e. The number of likely N-dealkylation sites (tertiary alicyclic amines) is 1. The summed E-state index contributed by atoms with van der Waals surface area (Å²) in [6, 6.07) is 7.99. The zero-order valence-corrected chi connectivity index (χ0v) is 12.7. The highest BCUT2D eigenvalue weighted by Crippen LogP contribution is 2.18. The maximum Gasteiger partial charge on any atom is 0.225 e. The number of amides is 2. The Morgan fingerprint density at radius 3 is 2.82 bits per heavy atom. The summed E-state index contributed by atoms with van der Waals surface area (Å²) < 4.78 is 5.25. The number of ether oxygens (including phenoxy) is 1. The first-order valence-corrected chi connectivity index (χ1v) is 7.94. The second-order valence-electron chi connectivity index (χ2n) is 5.97. The minimum Gasteiger partial charge on any atom is -0.381 e. The first-order valence-electron chi connectivity index (χ1n) is 7.94. The molecule has 0 spiro atoms. The Morgan fingerprint density at radius 2 is 2.14 bits per heavy atom. The van der Waals surface area contributed by atoms with Crippen LogP contribution in [0.2, 0.25) is 0 Å². The molecule has 5 nitrogen and oxygen atoms in total. The third-order valence-corrected chi connectivity index (χ3v) is 4.40. The molecule has 1 atom stereocenters. The van der Waals surface area contributed by atoms with Crippen molar-refractivity contribution in [3.63, 3.8) is 0 Å². The number of hydrogen-bond donors (Lipinski definition) is 1. The van der Waals surface area contributed by atoms with Gasteiger partial charge in [0.1, 0.15) is 0 Å². The van der Waals surface area contributed by atoms with Gasteiger partial charge in [0, 0.05) is 32.7 Å². The smallest absolute Gasteiger partial charge is 0.225 e. The molecule has 0 aromatic heterocycles. The van der Waals surface area contributed by atoms with Crippen molar-refractivity contribution in [3.05, 3.63) is 35.4 Å². The average Bonchev–Trinajstić information content (AvgIpc) is 3.19. The number of hydrogen-bond acceptors (Lipinski definition) is 3. The van der Waals surface area contributed by atoms with Gasteiger partial charge in [-0.15, -0.1) is 0 Å². The van der Waals surface area contributed by atoms with Crippen molar-refractivity contribution in [2.75, 3.05) is 19.8 Å². The van der Waals surface area contributed by atoms with Crippen LogP contribution in [0.1, 0.15) is 30.4 Å². The maximum atomic E-state index is 12.1. The number of nitrogens with one attached hydrogen (secondary N) is 1. The molecule has 5 heteroatoms. The molecule has 2 heterocycles. The summed E-state index contributed by atoms with van der Waals surface area (Å²) in [4.78, 5) is 25.7. The molecule has 2 saturated heterocycles. The Morgan fingerprint density at radius 1 is 1.32 bits per heavy atom. The molecule has 2 fully saturated rings. The Kier molecular flexibility index (Phi) is 4.73. The lowest BCUT2D eigenvalue weighted by atomic mass is 10.1. The Labute approximate surface area is 130 Å². The zero-order chi connectivity index (χ0) is 15.4. The van der Waals surface area contributed by atoms with Gasteiger partial charge >= 0.3 is 0 Å². The molecule has 22 heavy (non-hydrogen) atoms. The van der Waals surface area contributed by atoms with Crippen molar-refractivity contribution < 1.29 is 14.3 Å². The third kappa shape index (κ3) is 3.47. The van der Waals surface area contributed by atoms with Crippen LogP contribution >= 0.6 is 0 Å². The quantitative estimate of drug-likeness (QED) is 0.896. The predicted octanol–water partition coefficient (Wildman–Crippen LogP) is 1.46. The van der Waals surface area contributed by atoms with Crippen LogP contribution in [0.15, 0.2) is 24.3 Å². The summed E-state index contributed by atoms with van der Waals surface area (Å²) in [5, 5.41) is 3.00. The first-order chi connectivity index (χ1) is 10.7. The minimum atomic E-state index is -0.0210. The number of nitrogens with zero attached hydrogens (tertiary/aromatic N) is 1. The molecular weight excluding hydrogens is 280 g/mol. The molecular formula is C17H22N2O3. The van der Waals surface area contributed by atoms with Crippen molar-refractivity contribution in [3.8, 4) is 0 Å². The van der Waals surface area contributed by atoms with Crippen molar-refractivity contribution in [1.29, 1.82) is 0 Å². The van der Waals surface area contributed by atoms with Gasteiger partial charge < -0.3 is 15.0 Å². The topological polar surface area (TPSA) is 58.6 Å². The van der Waals surface area contributed by atoms with Gasteiger partial charge in [0.25, 0.3) is 0 Å². The lowest BCUT2D eigenvalue weighted by molar-refractivity contribution is -0.128. The lowest BCUT2D eigenvalue weighted by Crippen LogP contribution is -2.31.